The highest BCUT2D eigenvalue weighted by Crippen LogP contribution is 2.30. The van der Waals surface area contributed by atoms with Crippen molar-refractivity contribution in [2.75, 3.05) is 30.9 Å². The standard InChI is InChI=1S/C12H16F3N5O/c1-16-11-18-8(12(13,14)15)5-9(19-11)20(2)6-10(21)17-7-3-4-7/h5,7H,3-4,6H2,1-2H3,(H,17,21)(H,16,18,19). The molecule has 0 aliphatic heterocycles. The van der Waals surface area contributed by atoms with Crippen LogP contribution < -0.4 is 15.5 Å². The smallest absolute Gasteiger partial charge is 0.357 e. The lowest BCUT2D eigenvalue weighted by molar-refractivity contribution is -0.141. The summed E-state index contributed by atoms with van der Waals surface area (Å²) in [6, 6.07) is 1.03. The van der Waals surface area contributed by atoms with E-state index in [0.29, 0.717) is 0 Å². The lowest BCUT2D eigenvalue weighted by Gasteiger charge is -2.19. The van der Waals surface area contributed by atoms with Crippen molar-refractivity contribution >= 4 is 17.7 Å². The molecule has 1 heterocycles. The Morgan fingerprint density at radius 3 is 2.62 bits per heavy atom. The molecule has 0 radical (unpaired) electrons. The van der Waals surface area contributed by atoms with Crippen LogP contribution in [0.25, 0.3) is 0 Å². The van der Waals surface area contributed by atoms with E-state index >= 15 is 0 Å². The Kier molecular flexibility index (Phi) is 4.19. The number of likely N-dealkylation sites (N-methyl/N-ethyl adjacent to an activating group) is 1. The maximum Gasteiger partial charge on any atom is 0.433 e. The first-order valence-corrected chi connectivity index (χ1v) is 6.44. The second-order valence-electron chi connectivity index (χ2n) is 4.88. The monoisotopic (exact) mass is 303 g/mol. The third-order valence-corrected chi connectivity index (χ3v) is 2.94. The van der Waals surface area contributed by atoms with Crippen LogP contribution in [0.15, 0.2) is 6.07 Å². The van der Waals surface area contributed by atoms with Gasteiger partial charge < -0.3 is 15.5 Å². The van der Waals surface area contributed by atoms with Gasteiger partial charge in [0.25, 0.3) is 0 Å². The van der Waals surface area contributed by atoms with E-state index in [-0.39, 0.29) is 30.3 Å². The lowest BCUT2D eigenvalue weighted by Crippen LogP contribution is -2.36. The SMILES string of the molecule is CNc1nc(N(C)CC(=O)NC2CC2)cc(C(F)(F)F)n1. The van der Waals surface area contributed by atoms with E-state index in [1.54, 1.807) is 0 Å². The first-order chi connectivity index (χ1) is 9.79. The summed E-state index contributed by atoms with van der Waals surface area (Å²) in [7, 11) is 2.94. The molecule has 1 aliphatic carbocycles. The van der Waals surface area contributed by atoms with Crippen LogP contribution >= 0.6 is 0 Å². The molecule has 6 nitrogen and oxygen atoms in total. The zero-order valence-electron chi connectivity index (χ0n) is 11.7. The third-order valence-electron chi connectivity index (χ3n) is 2.94. The van der Waals surface area contributed by atoms with Crippen molar-refractivity contribution in [3.8, 4) is 0 Å². The number of alkyl halides is 3. The van der Waals surface area contributed by atoms with Crippen molar-refractivity contribution in [2.24, 2.45) is 0 Å². The van der Waals surface area contributed by atoms with Crippen LogP contribution in [0.1, 0.15) is 18.5 Å². The number of rotatable bonds is 5. The summed E-state index contributed by atoms with van der Waals surface area (Å²) >= 11 is 0. The Labute approximate surface area is 119 Å². The molecule has 21 heavy (non-hydrogen) atoms. The van der Waals surface area contributed by atoms with Crippen LogP contribution in [-0.4, -0.2) is 42.6 Å². The highest BCUT2D eigenvalue weighted by Gasteiger charge is 2.34. The second-order valence-corrected chi connectivity index (χ2v) is 4.88. The van der Waals surface area contributed by atoms with Gasteiger partial charge in [-0.2, -0.15) is 18.2 Å². The highest BCUT2D eigenvalue weighted by atomic mass is 19.4. The van der Waals surface area contributed by atoms with Crippen LogP contribution in [0.3, 0.4) is 0 Å². The first kappa shape index (κ1) is 15.3. The highest BCUT2D eigenvalue weighted by molar-refractivity contribution is 5.81. The second kappa shape index (κ2) is 5.74. The number of carbonyl (C=O) groups is 1. The molecule has 116 valence electrons. The van der Waals surface area contributed by atoms with Gasteiger partial charge in [0.2, 0.25) is 11.9 Å². The summed E-state index contributed by atoms with van der Waals surface area (Å²) in [5, 5.41) is 5.25. The Balaban J connectivity index is 2.14. The quantitative estimate of drug-likeness (QED) is 0.857. The molecule has 0 saturated heterocycles. The molecule has 1 aromatic heterocycles. The maximum absolute atomic E-state index is 12.8. The van der Waals surface area contributed by atoms with Crippen LogP contribution in [0, 0.1) is 0 Å². The van der Waals surface area contributed by atoms with E-state index in [9.17, 15) is 18.0 Å². The fourth-order valence-electron chi connectivity index (χ4n) is 1.68. The van der Waals surface area contributed by atoms with Gasteiger partial charge in [-0.25, -0.2) is 4.98 Å². The summed E-state index contributed by atoms with van der Waals surface area (Å²) < 4.78 is 38.3. The Morgan fingerprint density at radius 1 is 1.43 bits per heavy atom. The average Bonchev–Trinajstić information content (AvgIpc) is 3.20. The summed E-state index contributed by atoms with van der Waals surface area (Å²) in [6.07, 6.45) is -2.67. The molecule has 1 aliphatic rings. The van der Waals surface area contributed by atoms with Gasteiger partial charge in [-0.3, -0.25) is 4.79 Å². The topological polar surface area (TPSA) is 70.2 Å². The summed E-state index contributed by atoms with van der Waals surface area (Å²) in [6.45, 7) is -0.0615. The number of aromatic nitrogens is 2. The first-order valence-electron chi connectivity index (χ1n) is 6.44. The molecule has 2 rings (SSSR count). The van der Waals surface area contributed by atoms with Crippen molar-refractivity contribution in [3.63, 3.8) is 0 Å². The van der Waals surface area contributed by atoms with Gasteiger partial charge in [-0.05, 0) is 12.8 Å². The zero-order chi connectivity index (χ0) is 15.6. The van der Waals surface area contributed by atoms with E-state index < -0.39 is 11.9 Å². The molecule has 1 fully saturated rings. The van der Waals surface area contributed by atoms with Gasteiger partial charge in [0.1, 0.15) is 5.82 Å². The van der Waals surface area contributed by atoms with E-state index in [4.69, 9.17) is 0 Å². The number of halogens is 3. The fourth-order valence-corrected chi connectivity index (χ4v) is 1.68. The van der Waals surface area contributed by atoms with Crippen LogP contribution in [-0.2, 0) is 11.0 Å². The van der Waals surface area contributed by atoms with Crippen molar-refractivity contribution < 1.29 is 18.0 Å². The normalized spacial score (nSPS) is 14.7. The van der Waals surface area contributed by atoms with Gasteiger partial charge in [0, 0.05) is 26.2 Å². The Hall–Kier alpha value is -2.06. The average molecular weight is 303 g/mol. The number of anilines is 2. The zero-order valence-corrected chi connectivity index (χ0v) is 11.7. The number of nitrogens with zero attached hydrogens (tertiary/aromatic N) is 3. The van der Waals surface area contributed by atoms with Crippen LogP contribution in [0.4, 0.5) is 24.9 Å². The van der Waals surface area contributed by atoms with Gasteiger partial charge in [0.05, 0.1) is 6.54 Å². The van der Waals surface area contributed by atoms with Gasteiger partial charge >= 0.3 is 6.18 Å². The molecule has 0 atom stereocenters. The molecule has 0 spiro atoms. The van der Waals surface area contributed by atoms with E-state index in [0.717, 1.165) is 18.9 Å². The Morgan fingerprint density at radius 2 is 2.10 bits per heavy atom. The van der Waals surface area contributed by atoms with Crippen LogP contribution in [0.2, 0.25) is 0 Å². The number of nitrogens with one attached hydrogen (secondary N) is 2. The van der Waals surface area contributed by atoms with E-state index in [2.05, 4.69) is 20.6 Å². The molecule has 1 amide bonds. The predicted molar refractivity (Wildman–Crippen MR) is 71.0 cm³/mol. The van der Waals surface area contributed by atoms with Crippen molar-refractivity contribution in [2.45, 2.75) is 25.1 Å². The summed E-state index contributed by atoms with van der Waals surface area (Å²) in [4.78, 5) is 20.3. The van der Waals surface area contributed by atoms with Crippen molar-refractivity contribution in [1.82, 2.24) is 15.3 Å². The molecule has 0 bridgehead atoms. The third kappa shape index (κ3) is 4.20. The van der Waals surface area contributed by atoms with Gasteiger partial charge in [-0.1, -0.05) is 0 Å². The minimum Gasteiger partial charge on any atom is -0.357 e. The number of amides is 1. The number of carbonyl (C=O) groups excluding carboxylic acids is 1. The maximum atomic E-state index is 12.8. The Bertz CT molecular complexity index is 530. The molecule has 0 unspecified atom stereocenters. The summed E-state index contributed by atoms with van der Waals surface area (Å²) in [5.41, 5.74) is -1.05. The molecular weight excluding hydrogens is 287 g/mol. The lowest BCUT2D eigenvalue weighted by atomic mass is 10.3. The minimum absolute atomic E-state index is 0.0348. The van der Waals surface area contributed by atoms with Crippen LogP contribution in [0.5, 0.6) is 0 Å². The number of hydrogen-bond donors (Lipinski definition) is 2. The minimum atomic E-state index is -4.57. The number of hydrogen-bond acceptors (Lipinski definition) is 5. The molecule has 1 saturated carbocycles. The van der Waals surface area contributed by atoms with E-state index in [1.807, 2.05) is 0 Å². The molecule has 9 heteroatoms. The van der Waals surface area contributed by atoms with Crippen molar-refractivity contribution in [3.05, 3.63) is 11.8 Å². The van der Waals surface area contributed by atoms with Crippen molar-refractivity contribution in [1.29, 1.82) is 0 Å². The van der Waals surface area contributed by atoms with E-state index in [1.165, 1.54) is 19.0 Å². The molecule has 1 aromatic rings. The summed E-state index contributed by atoms with van der Waals surface area (Å²) in [5.74, 6) is -0.347. The predicted octanol–water partition coefficient (Wildman–Crippen LogP) is 1.25. The van der Waals surface area contributed by atoms with Gasteiger partial charge in [-0.15, -0.1) is 0 Å². The molecule has 2 N–H and O–H groups in total. The molecular formula is C12H16F3N5O. The van der Waals surface area contributed by atoms with Gasteiger partial charge in [0.15, 0.2) is 5.69 Å². The fraction of sp³-hybridized carbons (Fsp3) is 0.583. The molecule has 0 aromatic carbocycles. The largest absolute Gasteiger partial charge is 0.433 e.